The monoisotopic (exact) mass is 392 g/mol. The van der Waals surface area contributed by atoms with Gasteiger partial charge in [-0.05, 0) is 55.7 Å². The van der Waals surface area contributed by atoms with Crippen molar-refractivity contribution in [1.29, 1.82) is 0 Å². The van der Waals surface area contributed by atoms with Crippen molar-refractivity contribution in [2.45, 2.75) is 19.3 Å². The molecular weight excluding hydrogens is 368 g/mol. The van der Waals surface area contributed by atoms with Gasteiger partial charge in [-0.3, -0.25) is 14.5 Å². The number of nitrogens with zero attached hydrogens (tertiary/aromatic N) is 2. The van der Waals surface area contributed by atoms with Crippen LogP contribution in [0.25, 0.3) is 0 Å². The highest BCUT2D eigenvalue weighted by molar-refractivity contribution is 6.21. The van der Waals surface area contributed by atoms with Crippen LogP contribution in [0.15, 0.2) is 48.5 Å². The van der Waals surface area contributed by atoms with Gasteiger partial charge in [0.25, 0.3) is 11.8 Å². The van der Waals surface area contributed by atoms with Crippen molar-refractivity contribution in [2.24, 2.45) is 0 Å². The molecule has 0 unspecified atom stereocenters. The zero-order chi connectivity index (χ0) is 20.2. The molecule has 0 atom stereocenters. The highest BCUT2D eigenvalue weighted by Gasteiger charge is 2.34. The third-order valence-electron chi connectivity index (χ3n) is 5.35. The van der Waals surface area contributed by atoms with Gasteiger partial charge in [-0.1, -0.05) is 12.1 Å². The minimum atomic E-state index is -0.368. The Kier molecular flexibility index (Phi) is 5.46. The number of carbonyl (C=O) groups excluding carboxylic acids is 3. The van der Waals surface area contributed by atoms with E-state index in [9.17, 15) is 14.4 Å². The molecule has 4 rings (SSSR count). The van der Waals surface area contributed by atoms with Crippen molar-refractivity contribution in [3.63, 3.8) is 0 Å². The first-order valence-electron chi connectivity index (χ1n) is 9.98. The highest BCUT2D eigenvalue weighted by atomic mass is 16.2. The summed E-state index contributed by atoms with van der Waals surface area (Å²) in [5.74, 6) is -0.637. The summed E-state index contributed by atoms with van der Waals surface area (Å²) in [6.45, 7) is 2.47. The van der Waals surface area contributed by atoms with E-state index in [1.165, 1.54) is 29.8 Å². The summed E-state index contributed by atoms with van der Waals surface area (Å²) in [4.78, 5) is 40.3. The lowest BCUT2D eigenvalue weighted by atomic mass is 10.1. The number of benzene rings is 2. The van der Waals surface area contributed by atoms with Crippen LogP contribution in [-0.2, 0) is 0 Å². The Hall–Kier alpha value is -3.35. The number of fused-ring (bicyclic) bond motifs is 1. The lowest BCUT2D eigenvalue weighted by Gasteiger charge is -2.28. The Morgan fingerprint density at radius 2 is 1.48 bits per heavy atom. The maximum absolute atomic E-state index is 12.3. The second-order valence-corrected chi connectivity index (χ2v) is 7.28. The van der Waals surface area contributed by atoms with E-state index in [-0.39, 0.29) is 30.9 Å². The number of hydrogen-bond acceptors (Lipinski definition) is 4. The molecule has 2 N–H and O–H groups in total. The number of urea groups is 1. The van der Waals surface area contributed by atoms with Crippen LogP contribution in [0.1, 0.15) is 40.0 Å². The van der Waals surface area contributed by atoms with E-state index < -0.39 is 0 Å². The number of amides is 4. The Labute approximate surface area is 169 Å². The Morgan fingerprint density at radius 3 is 2.10 bits per heavy atom. The molecule has 2 aromatic rings. The topological polar surface area (TPSA) is 81.8 Å². The van der Waals surface area contributed by atoms with Crippen LogP contribution < -0.4 is 15.5 Å². The molecule has 2 aromatic carbocycles. The van der Waals surface area contributed by atoms with Crippen LogP contribution in [-0.4, -0.2) is 48.9 Å². The number of rotatable bonds is 5. The molecule has 0 aliphatic carbocycles. The number of hydrogen-bond donors (Lipinski definition) is 2. The lowest BCUT2D eigenvalue weighted by molar-refractivity contribution is 0.0656. The molecule has 2 aliphatic heterocycles. The van der Waals surface area contributed by atoms with Crippen LogP contribution >= 0.6 is 0 Å². The predicted octanol–water partition coefficient (Wildman–Crippen LogP) is 3.09. The van der Waals surface area contributed by atoms with Crippen LogP contribution in [0.2, 0.25) is 0 Å². The van der Waals surface area contributed by atoms with E-state index in [2.05, 4.69) is 15.5 Å². The van der Waals surface area contributed by atoms with Gasteiger partial charge in [0.2, 0.25) is 0 Å². The second kappa shape index (κ2) is 8.34. The van der Waals surface area contributed by atoms with Crippen LogP contribution in [0.3, 0.4) is 0 Å². The number of anilines is 2. The molecular formula is C22H24N4O3. The number of imide groups is 1. The first-order valence-corrected chi connectivity index (χ1v) is 9.98. The lowest BCUT2D eigenvalue weighted by Crippen LogP contribution is -2.39. The molecule has 1 fully saturated rings. The second-order valence-electron chi connectivity index (χ2n) is 7.28. The maximum atomic E-state index is 12.3. The van der Waals surface area contributed by atoms with Crippen molar-refractivity contribution in [3.8, 4) is 0 Å². The number of nitrogens with one attached hydrogen (secondary N) is 2. The van der Waals surface area contributed by atoms with E-state index in [0.29, 0.717) is 16.8 Å². The minimum Gasteiger partial charge on any atom is -0.372 e. The Balaban J connectivity index is 1.25. The maximum Gasteiger partial charge on any atom is 0.319 e. The van der Waals surface area contributed by atoms with E-state index in [1.54, 1.807) is 24.3 Å². The van der Waals surface area contributed by atoms with Gasteiger partial charge in [0, 0.05) is 37.6 Å². The normalized spacial score (nSPS) is 16.0. The summed E-state index contributed by atoms with van der Waals surface area (Å²) in [5, 5.41) is 5.48. The summed E-state index contributed by atoms with van der Waals surface area (Å²) < 4.78 is 0. The van der Waals surface area contributed by atoms with Gasteiger partial charge in [-0.2, -0.15) is 0 Å². The van der Waals surface area contributed by atoms with Gasteiger partial charge < -0.3 is 15.5 Å². The first-order chi connectivity index (χ1) is 14.1. The Bertz CT molecular complexity index is 885. The van der Waals surface area contributed by atoms with Crippen molar-refractivity contribution in [1.82, 2.24) is 10.2 Å². The molecule has 150 valence electrons. The van der Waals surface area contributed by atoms with Crippen molar-refractivity contribution in [2.75, 3.05) is 36.4 Å². The van der Waals surface area contributed by atoms with E-state index >= 15 is 0 Å². The average molecular weight is 392 g/mol. The van der Waals surface area contributed by atoms with E-state index in [4.69, 9.17) is 0 Å². The molecule has 0 saturated carbocycles. The number of carbonyl (C=O) groups is 3. The van der Waals surface area contributed by atoms with Gasteiger partial charge in [0.05, 0.1) is 11.1 Å². The molecule has 0 radical (unpaired) electrons. The van der Waals surface area contributed by atoms with Gasteiger partial charge in [0.1, 0.15) is 0 Å². The zero-order valence-electron chi connectivity index (χ0n) is 16.2. The molecule has 0 spiro atoms. The third-order valence-corrected chi connectivity index (χ3v) is 5.35. The molecule has 7 heteroatoms. The van der Waals surface area contributed by atoms with Crippen LogP contribution in [0, 0.1) is 0 Å². The van der Waals surface area contributed by atoms with E-state index in [1.807, 2.05) is 24.3 Å². The average Bonchev–Trinajstić information content (AvgIpc) is 3.00. The molecule has 4 amide bonds. The van der Waals surface area contributed by atoms with Crippen molar-refractivity contribution in [3.05, 3.63) is 59.7 Å². The molecule has 29 heavy (non-hydrogen) atoms. The summed E-state index contributed by atoms with van der Waals surface area (Å²) in [7, 11) is 0. The fraction of sp³-hybridized carbons (Fsp3) is 0.318. The molecule has 1 saturated heterocycles. The summed E-state index contributed by atoms with van der Waals surface area (Å²) in [6.07, 6.45) is 3.72. The molecule has 0 bridgehead atoms. The van der Waals surface area contributed by atoms with E-state index in [0.717, 1.165) is 13.1 Å². The van der Waals surface area contributed by atoms with Gasteiger partial charge in [-0.25, -0.2) is 4.79 Å². The minimum absolute atomic E-state index is 0.133. The third kappa shape index (κ3) is 4.08. The van der Waals surface area contributed by atoms with Crippen molar-refractivity contribution < 1.29 is 14.4 Å². The largest absolute Gasteiger partial charge is 0.372 e. The first kappa shape index (κ1) is 19.0. The quantitative estimate of drug-likeness (QED) is 0.766. The van der Waals surface area contributed by atoms with Gasteiger partial charge in [-0.15, -0.1) is 0 Å². The molecule has 0 aromatic heterocycles. The fourth-order valence-electron chi connectivity index (χ4n) is 3.81. The zero-order valence-corrected chi connectivity index (χ0v) is 16.2. The summed E-state index contributed by atoms with van der Waals surface area (Å²) >= 11 is 0. The molecule has 2 aliphatic rings. The Morgan fingerprint density at radius 1 is 0.862 bits per heavy atom. The van der Waals surface area contributed by atoms with Crippen LogP contribution in [0.5, 0.6) is 0 Å². The standard InChI is InChI=1S/C22H24N4O3/c27-20-18-6-2-3-7-19(18)21(28)26(20)15-12-23-22(29)24-16-8-10-17(11-9-16)25-13-4-1-5-14-25/h2-3,6-11H,1,4-5,12-15H2,(H2,23,24,29). The molecule has 2 heterocycles. The summed E-state index contributed by atoms with van der Waals surface area (Å²) in [5.41, 5.74) is 2.69. The number of piperidine rings is 1. The van der Waals surface area contributed by atoms with Crippen LogP contribution in [0.4, 0.5) is 16.2 Å². The van der Waals surface area contributed by atoms with Gasteiger partial charge >= 0.3 is 6.03 Å². The fourth-order valence-corrected chi connectivity index (χ4v) is 3.81. The predicted molar refractivity (Wildman–Crippen MR) is 111 cm³/mol. The van der Waals surface area contributed by atoms with Gasteiger partial charge in [0.15, 0.2) is 0 Å². The highest BCUT2D eigenvalue weighted by Crippen LogP contribution is 2.23. The SMILES string of the molecule is O=C(NCCN1C(=O)c2ccccc2C1=O)Nc1ccc(N2CCCCC2)cc1. The molecule has 7 nitrogen and oxygen atoms in total. The van der Waals surface area contributed by atoms with Crippen molar-refractivity contribution >= 4 is 29.2 Å². The summed E-state index contributed by atoms with van der Waals surface area (Å²) in [6, 6.07) is 14.2. The smallest absolute Gasteiger partial charge is 0.319 e.